The molecule has 0 amide bonds. The zero-order valence-corrected chi connectivity index (χ0v) is 13.7. The number of nitrogens with zero attached hydrogens (tertiary/aromatic N) is 2. The van der Waals surface area contributed by atoms with Crippen LogP contribution in [0.15, 0.2) is 6.07 Å². The Labute approximate surface area is 123 Å². The maximum absolute atomic E-state index is 4.82. The fourth-order valence-corrected chi connectivity index (χ4v) is 2.71. The summed E-state index contributed by atoms with van der Waals surface area (Å²) in [7, 11) is 2.18. The van der Waals surface area contributed by atoms with E-state index in [4.69, 9.17) is 4.98 Å². The quantitative estimate of drug-likeness (QED) is 0.824. The molecule has 0 saturated heterocycles. The average Bonchev–Trinajstić information content (AvgIpc) is 3.20. The van der Waals surface area contributed by atoms with E-state index in [0.717, 1.165) is 24.1 Å². The molecule has 112 valence electrons. The van der Waals surface area contributed by atoms with E-state index < -0.39 is 0 Å². The van der Waals surface area contributed by atoms with Gasteiger partial charge in [-0.3, -0.25) is 0 Å². The zero-order chi connectivity index (χ0) is 14.7. The van der Waals surface area contributed by atoms with Gasteiger partial charge in [-0.25, -0.2) is 4.98 Å². The highest BCUT2D eigenvalue weighted by Gasteiger charge is 2.22. The van der Waals surface area contributed by atoms with Crippen molar-refractivity contribution in [2.75, 3.05) is 11.9 Å². The predicted molar refractivity (Wildman–Crippen MR) is 86.3 cm³/mol. The normalized spacial score (nSPS) is 16.2. The molecule has 1 N–H and O–H groups in total. The molecule has 0 aliphatic heterocycles. The molecule has 20 heavy (non-hydrogen) atoms. The van der Waals surface area contributed by atoms with Gasteiger partial charge in [-0.05, 0) is 51.7 Å². The van der Waals surface area contributed by atoms with Gasteiger partial charge in [0.05, 0.1) is 0 Å². The first-order chi connectivity index (χ1) is 9.52. The van der Waals surface area contributed by atoms with Crippen LogP contribution < -0.4 is 10.2 Å². The fraction of sp³-hybridized carbons (Fsp3) is 0.706. The number of aryl methyl sites for hydroxylation is 2. The second-order valence-electron chi connectivity index (χ2n) is 6.29. The van der Waals surface area contributed by atoms with Crippen molar-refractivity contribution < 1.29 is 0 Å². The topological polar surface area (TPSA) is 28.2 Å². The molecular formula is C17H29N3. The third-order valence-electron chi connectivity index (χ3n) is 4.30. The highest BCUT2D eigenvalue weighted by molar-refractivity contribution is 5.51. The minimum atomic E-state index is 0.536. The van der Waals surface area contributed by atoms with Crippen molar-refractivity contribution in [3.05, 3.63) is 22.9 Å². The molecule has 1 heterocycles. The van der Waals surface area contributed by atoms with Crippen LogP contribution in [0.1, 0.15) is 56.4 Å². The van der Waals surface area contributed by atoms with Crippen molar-refractivity contribution in [2.45, 2.75) is 72.0 Å². The van der Waals surface area contributed by atoms with Crippen LogP contribution in [-0.4, -0.2) is 24.1 Å². The van der Waals surface area contributed by atoms with E-state index >= 15 is 0 Å². The molecule has 3 nitrogen and oxygen atoms in total. The molecule has 0 radical (unpaired) electrons. The van der Waals surface area contributed by atoms with Crippen molar-refractivity contribution in [3.8, 4) is 0 Å². The van der Waals surface area contributed by atoms with Gasteiger partial charge in [0.1, 0.15) is 5.82 Å². The lowest BCUT2D eigenvalue weighted by molar-refractivity contribution is 0.603. The lowest BCUT2D eigenvalue weighted by Crippen LogP contribution is -2.31. The van der Waals surface area contributed by atoms with Gasteiger partial charge >= 0.3 is 0 Å². The van der Waals surface area contributed by atoms with E-state index in [-0.39, 0.29) is 0 Å². The summed E-state index contributed by atoms with van der Waals surface area (Å²) < 4.78 is 0. The summed E-state index contributed by atoms with van der Waals surface area (Å²) >= 11 is 0. The predicted octanol–water partition coefficient (Wildman–Crippen LogP) is 3.58. The van der Waals surface area contributed by atoms with Gasteiger partial charge in [0.15, 0.2) is 0 Å². The van der Waals surface area contributed by atoms with Gasteiger partial charge < -0.3 is 10.2 Å². The third-order valence-corrected chi connectivity index (χ3v) is 4.30. The highest BCUT2D eigenvalue weighted by atomic mass is 15.2. The van der Waals surface area contributed by atoms with Crippen LogP contribution in [0.2, 0.25) is 0 Å². The van der Waals surface area contributed by atoms with Crippen molar-refractivity contribution in [1.29, 1.82) is 0 Å². The summed E-state index contributed by atoms with van der Waals surface area (Å²) in [6, 6.07) is 3.47. The molecule has 0 spiro atoms. The Morgan fingerprint density at radius 1 is 1.40 bits per heavy atom. The lowest BCUT2D eigenvalue weighted by atomic mass is 10.1. The molecule has 1 aliphatic rings. The van der Waals surface area contributed by atoms with E-state index in [1.54, 1.807) is 0 Å². The van der Waals surface area contributed by atoms with Gasteiger partial charge in [0.25, 0.3) is 0 Å². The molecule has 1 aromatic heterocycles. The molecule has 1 aliphatic carbocycles. The fourth-order valence-electron chi connectivity index (χ4n) is 2.71. The zero-order valence-electron chi connectivity index (χ0n) is 13.7. The monoisotopic (exact) mass is 275 g/mol. The number of rotatable bonds is 7. The molecule has 1 aromatic rings. The minimum absolute atomic E-state index is 0.536. The Kier molecular flexibility index (Phi) is 5.03. The number of hydrogen-bond acceptors (Lipinski definition) is 3. The van der Waals surface area contributed by atoms with Gasteiger partial charge in [-0.2, -0.15) is 0 Å². The SMILES string of the molecule is CCCC(C)N(C)c1nc(C)cc(C)c1CNC1CC1. The molecule has 1 fully saturated rings. The molecule has 1 saturated carbocycles. The number of nitrogens with one attached hydrogen (secondary N) is 1. The summed E-state index contributed by atoms with van der Waals surface area (Å²) in [5, 5.41) is 3.63. The van der Waals surface area contributed by atoms with Gasteiger partial charge in [0, 0.05) is 36.9 Å². The van der Waals surface area contributed by atoms with Crippen LogP contribution in [0, 0.1) is 13.8 Å². The molecule has 2 rings (SSSR count). The molecule has 1 atom stereocenters. The second-order valence-corrected chi connectivity index (χ2v) is 6.29. The standard InChI is InChI=1S/C17H29N3/c1-6-7-14(4)20(5)17-16(11-18-15-8-9-15)12(2)10-13(3)19-17/h10,14-15,18H,6-9,11H2,1-5H3. The summed E-state index contributed by atoms with van der Waals surface area (Å²) in [4.78, 5) is 7.18. The van der Waals surface area contributed by atoms with E-state index in [9.17, 15) is 0 Å². The maximum Gasteiger partial charge on any atom is 0.133 e. The number of pyridine rings is 1. The average molecular weight is 275 g/mol. The molecular weight excluding hydrogens is 246 g/mol. The summed E-state index contributed by atoms with van der Waals surface area (Å²) in [5.41, 5.74) is 3.84. The van der Waals surface area contributed by atoms with Gasteiger partial charge in [-0.1, -0.05) is 13.3 Å². The van der Waals surface area contributed by atoms with Crippen LogP contribution in [0.5, 0.6) is 0 Å². The first kappa shape index (κ1) is 15.3. The van der Waals surface area contributed by atoms with Crippen LogP contribution >= 0.6 is 0 Å². The summed E-state index contributed by atoms with van der Waals surface area (Å²) in [6.07, 6.45) is 5.08. The van der Waals surface area contributed by atoms with Crippen LogP contribution in [0.4, 0.5) is 5.82 Å². The van der Waals surface area contributed by atoms with E-state index in [0.29, 0.717) is 6.04 Å². The van der Waals surface area contributed by atoms with Gasteiger partial charge in [0.2, 0.25) is 0 Å². The van der Waals surface area contributed by atoms with Crippen molar-refractivity contribution >= 4 is 5.82 Å². The smallest absolute Gasteiger partial charge is 0.133 e. The molecule has 3 heteroatoms. The van der Waals surface area contributed by atoms with E-state index in [1.807, 2.05) is 0 Å². The van der Waals surface area contributed by atoms with Crippen LogP contribution in [0.25, 0.3) is 0 Å². The second kappa shape index (κ2) is 6.57. The Hall–Kier alpha value is -1.09. The van der Waals surface area contributed by atoms with E-state index in [2.05, 4.69) is 51.0 Å². The van der Waals surface area contributed by atoms with Crippen LogP contribution in [-0.2, 0) is 6.54 Å². The number of anilines is 1. The minimum Gasteiger partial charge on any atom is -0.357 e. The largest absolute Gasteiger partial charge is 0.357 e. The Bertz CT molecular complexity index is 452. The maximum atomic E-state index is 4.82. The molecule has 1 unspecified atom stereocenters. The molecule has 0 aromatic carbocycles. The summed E-state index contributed by atoms with van der Waals surface area (Å²) in [6.45, 7) is 9.78. The number of aromatic nitrogens is 1. The highest BCUT2D eigenvalue weighted by Crippen LogP contribution is 2.26. The van der Waals surface area contributed by atoms with Crippen molar-refractivity contribution in [1.82, 2.24) is 10.3 Å². The van der Waals surface area contributed by atoms with E-state index in [1.165, 1.54) is 36.8 Å². The van der Waals surface area contributed by atoms with Gasteiger partial charge in [-0.15, -0.1) is 0 Å². The summed E-state index contributed by atoms with van der Waals surface area (Å²) in [5.74, 6) is 1.16. The first-order valence-electron chi connectivity index (χ1n) is 7.96. The Morgan fingerprint density at radius 3 is 2.70 bits per heavy atom. The van der Waals surface area contributed by atoms with Crippen molar-refractivity contribution in [2.24, 2.45) is 0 Å². The Morgan fingerprint density at radius 2 is 2.10 bits per heavy atom. The third kappa shape index (κ3) is 3.72. The number of hydrogen-bond donors (Lipinski definition) is 1. The lowest BCUT2D eigenvalue weighted by Gasteiger charge is -2.29. The molecule has 0 bridgehead atoms. The van der Waals surface area contributed by atoms with Crippen LogP contribution in [0.3, 0.4) is 0 Å². The van der Waals surface area contributed by atoms with Crippen molar-refractivity contribution in [3.63, 3.8) is 0 Å². The Balaban J connectivity index is 2.22. The first-order valence-corrected chi connectivity index (χ1v) is 7.96.